The van der Waals surface area contributed by atoms with Gasteiger partial charge in [0.2, 0.25) is 5.91 Å². The van der Waals surface area contributed by atoms with Gasteiger partial charge in [-0.1, -0.05) is 48.5 Å². The Balaban J connectivity index is 1.82. The normalized spacial score (nSPS) is 19.2. The van der Waals surface area contributed by atoms with Crippen LogP contribution in [0, 0.1) is 0 Å². The summed E-state index contributed by atoms with van der Waals surface area (Å²) < 4.78 is 24.0. The van der Waals surface area contributed by atoms with Crippen LogP contribution in [0.5, 0.6) is 0 Å². The highest BCUT2D eigenvalue weighted by molar-refractivity contribution is 7.91. The number of anilines is 1. The zero-order valence-corrected chi connectivity index (χ0v) is 17.5. The van der Waals surface area contributed by atoms with Gasteiger partial charge in [-0.2, -0.15) is 0 Å². The van der Waals surface area contributed by atoms with Crippen molar-refractivity contribution in [1.29, 1.82) is 0 Å². The SMILES string of the molecule is CN(CC(=O)N(c1ccccc1)[C@H]1CCS(=O)(=O)C1)[C@@H](CCO)c1ccccc1. The van der Waals surface area contributed by atoms with Crippen molar-refractivity contribution in [2.45, 2.75) is 24.9 Å². The van der Waals surface area contributed by atoms with Crippen LogP contribution in [0.1, 0.15) is 24.4 Å². The minimum atomic E-state index is -3.12. The number of benzene rings is 2. The Hall–Kier alpha value is -2.22. The highest BCUT2D eigenvalue weighted by Gasteiger charge is 2.36. The maximum absolute atomic E-state index is 13.3. The largest absolute Gasteiger partial charge is 0.396 e. The predicted molar refractivity (Wildman–Crippen MR) is 115 cm³/mol. The molecule has 1 N–H and O–H groups in total. The monoisotopic (exact) mass is 416 g/mol. The summed E-state index contributed by atoms with van der Waals surface area (Å²) in [5.74, 6) is -0.0307. The molecule has 0 unspecified atom stereocenters. The molecule has 1 heterocycles. The molecular formula is C22H28N2O4S. The van der Waals surface area contributed by atoms with Gasteiger partial charge in [-0.25, -0.2) is 8.42 Å². The van der Waals surface area contributed by atoms with Gasteiger partial charge in [-0.3, -0.25) is 9.69 Å². The molecule has 1 saturated heterocycles. The molecule has 2 atom stereocenters. The van der Waals surface area contributed by atoms with Crippen LogP contribution in [0.15, 0.2) is 60.7 Å². The Morgan fingerprint density at radius 2 is 1.72 bits per heavy atom. The van der Waals surface area contributed by atoms with Gasteiger partial charge in [-0.05, 0) is 37.6 Å². The van der Waals surface area contributed by atoms with E-state index in [2.05, 4.69) is 0 Å². The molecule has 0 aliphatic carbocycles. The first kappa shape index (κ1) is 21.5. The van der Waals surface area contributed by atoms with Gasteiger partial charge in [-0.15, -0.1) is 0 Å². The van der Waals surface area contributed by atoms with Crippen molar-refractivity contribution in [3.05, 3.63) is 66.2 Å². The number of sulfone groups is 1. The Labute approximate surface area is 172 Å². The Bertz CT molecular complexity index is 903. The third-order valence-corrected chi connectivity index (χ3v) is 7.13. The lowest BCUT2D eigenvalue weighted by molar-refractivity contribution is -0.120. The number of amides is 1. The molecule has 2 aromatic rings. The van der Waals surface area contributed by atoms with Crippen LogP contribution >= 0.6 is 0 Å². The van der Waals surface area contributed by atoms with E-state index in [1.807, 2.05) is 72.6 Å². The summed E-state index contributed by atoms with van der Waals surface area (Å²) in [6, 6.07) is 18.6. The van der Waals surface area contributed by atoms with Gasteiger partial charge in [0.05, 0.1) is 24.1 Å². The van der Waals surface area contributed by atoms with E-state index in [1.54, 1.807) is 4.90 Å². The Morgan fingerprint density at radius 1 is 1.10 bits per heavy atom. The molecular weight excluding hydrogens is 388 g/mol. The molecule has 2 aromatic carbocycles. The number of rotatable bonds is 8. The zero-order valence-electron chi connectivity index (χ0n) is 16.6. The second-order valence-corrected chi connectivity index (χ2v) is 9.74. The van der Waals surface area contributed by atoms with Crippen molar-refractivity contribution < 1.29 is 18.3 Å². The molecule has 7 heteroatoms. The van der Waals surface area contributed by atoms with Crippen molar-refractivity contribution >= 4 is 21.4 Å². The predicted octanol–water partition coefficient (Wildman–Crippen LogP) is 2.26. The van der Waals surface area contributed by atoms with Crippen molar-refractivity contribution in [3.63, 3.8) is 0 Å². The van der Waals surface area contributed by atoms with Crippen LogP contribution in [0.4, 0.5) is 5.69 Å². The highest BCUT2D eigenvalue weighted by Crippen LogP contribution is 2.27. The van der Waals surface area contributed by atoms with Gasteiger partial charge in [0, 0.05) is 18.3 Å². The molecule has 29 heavy (non-hydrogen) atoms. The minimum Gasteiger partial charge on any atom is -0.396 e. The lowest BCUT2D eigenvalue weighted by atomic mass is 10.0. The first-order valence-corrected chi connectivity index (χ1v) is 11.7. The molecule has 0 aromatic heterocycles. The average Bonchev–Trinajstić information content (AvgIpc) is 3.06. The number of carbonyl (C=O) groups is 1. The number of nitrogens with zero attached hydrogens (tertiary/aromatic N) is 2. The molecule has 1 fully saturated rings. The lowest BCUT2D eigenvalue weighted by Gasteiger charge is -2.33. The molecule has 0 spiro atoms. The summed E-state index contributed by atoms with van der Waals surface area (Å²) in [6.07, 6.45) is 0.961. The lowest BCUT2D eigenvalue weighted by Crippen LogP contribution is -2.46. The number of para-hydroxylation sites is 1. The van der Waals surface area contributed by atoms with E-state index in [0.29, 0.717) is 18.5 Å². The van der Waals surface area contributed by atoms with Crippen LogP contribution in [-0.4, -0.2) is 62.1 Å². The van der Waals surface area contributed by atoms with Gasteiger partial charge < -0.3 is 10.0 Å². The highest BCUT2D eigenvalue weighted by atomic mass is 32.2. The van der Waals surface area contributed by atoms with E-state index in [4.69, 9.17) is 0 Å². The summed E-state index contributed by atoms with van der Waals surface area (Å²) in [6.45, 7) is 0.145. The van der Waals surface area contributed by atoms with E-state index >= 15 is 0 Å². The Kier molecular flexibility index (Phi) is 7.05. The summed E-state index contributed by atoms with van der Waals surface area (Å²) in [5, 5.41) is 9.51. The molecule has 3 rings (SSSR count). The van der Waals surface area contributed by atoms with Crippen LogP contribution in [0.3, 0.4) is 0 Å². The topological polar surface area (TPSA) is 77.9 Å². The molecule has 6 nitrogen and oxygen atoms in total. The molecule has 1 amide bonds. The first-order chi connectivity index (χ1) is 13.9. The first-order valence-electron chi connectivity index (χ1n) is 9.85. The fraction of sp³-hybridized carbons (Fsp3) is 0.409. The van der Waals surface area contributed by atoms with E-state index in [-0.39, 0.29) is 42.6 Å². The fourth-order valence-corrected chi connectivity index (χ4v) is 5.66. The number of aliphatic hydroxyl groups is 1. The number of aliphatic hydroxyl groups excluding tert-OH is 1. The molecule has 0 bridgehead atoms. The van der Waals surface area contributed by atoms with Crippen LogP contribution in [-0.2, 0) is 14.6 Å². The summed E-state index contributed by atoms with van der Waals surface area (Å²) in [4.78, 5) is 16.9. The van der Waals surface area contributed by atoms with Crippen molar-refractivity contribution in [1.82, 2.24) is 4.90 Å². The second-order valence-electron chi connectivity index (χ2n) is 7.51. The molecule has 1 aliphatic rings. The van der Waals surface area contributed by atoms with Gasteiger partial charge in [0.15, 0.2) is 9.84 Å². The maximum atomic E-state index is 13.3. The molecule has 156 valence electrons. The quantitative estimate of drug-likeness (QED) is 0.714. The van der Waals surface area contributed by atoms with Crippen molar-refractivity contribution in [2.75, 3.05) is 36.6 Å². The summed E-state index contributed by atoms with van der Waals surface area (Å²) in [5.41, 5.74) is 1.75. The van der Waals surface area contributed by atoms with Crippen LogP contribution < -0.4 is 4.90 Å². The smallest absolute Gasteiger partial charge is 0.241 e. The minimum absolute atomic E-state index is 0.00387. The average molecular weight is 417 g/mol. The van der Waals surface area contributed by atoms with Crippen molar-refractivity contribution in [2.24, 2.45) is 0 Å². The number of hydrogen-bond donors (Lipinski definition) is 1. The standard InChI is InChI=1S/C22H28N2O4S/c1-23(21(12-14-25)18-8-4-2-5-9-18)16-22(26)24(19-10-6-3-7-11-19)20-13-15-29(27,28)17-20/h2-11,20-21,25H,12-17H2,1H3/t20-,21-/m0/s1. The number of likely N-dealkylation sites (N-methyl/N-ethyl adjacent to an activating group) is 1. The molecule has 0 radical (unpaired) electrons. The van der Waals surface area contributed by atoms with Crippen LogP contribution in [0.2, 0.25) is 0 Å². The van der Waals surface area contributed by atoms with E-state index in [1.165, 1.54) is 0 Å². The molecule has 1 aliphatic heterocycles. The van der Waals surface area contributed by atoms with Crippen LogP contribution in [0.25, 0.3) is 0 Å². The fourth-order valence-electron chi connectivity index (χ4n) is 3.96. The third-order valence-electron chi connectivity index (χ3n) is 5.38. The van der Waals surface area contributed by atoms with E-state index < -0.39 is 9.84 Å². The third kappa shape index (κ3) is 5.44. The second kappa shape index (κ2) is 9.52. The maximum Gasteiger partial charge on any atom is 0.241 e. The summed E-state index contributed by atoms with van der Waals surface area (Å²) >= 11 is 0. The van der Waals surface area contributed by atoms with E-state index in [9.17, 15) is 18.3 Å². The Morgan fingerprint density at radius 3 is 2.28 bits per heavy atom. The van der Waals surface area contributed by atoms with Crippen molar-refractivity contribution in [3.8, 4) is 0 Å². The van der Waals surface area contributed by atoms with Gasteiger partial charge >= 0.3 is 0 Å². The number of carbonyl (C=O) groups excluding carboxylic acids is 1. The molecule has 0 saturated carbocycles. The number of hydrogen-bond acceptors (Lipinski definition) is 5. The van der Waals surface area contributed by atoms with Gasteiger partial charge in [0.1, 0.15) is 0 Å². The van der Waals surface area contributed by atoms with Gasteiger partial charge in [0.25, 0.3) is 0 Å². The zero-order chi connectivity index (χ0) is 20.9. The van der Waals surface area contributed by atoms with E-state index in [0.717, 1.165) is 5.56 Å². The summed E-state index contributed by atoms with van der Waals surface area (Å²) in [7, 11) is -1.26.